The fourth-order valence-corrected chi connectivity index (χ4v) is 2.41. The normalized spacial score (nSPS) is 11.8. The molecule has 4 nitrogen and oxygen atoms in total. The molecule has 122 valence electrons. The molecule has 1 atom stereocenters. The van der Waals surface area contributed by atoms with Crippen LogP contribution in [0.3, 0.4) is 0 Å². The SMILES string of the molecule is Cc1ccccc1NC(=O)C[NH+](C)CCOc1ccc(Br)cc1. The second-order valence-electron chi connectivity index (χ2n) is 5.55. The predicted octanol–water partition coefficient (Wildman–Crippen LogP) is 2.29. The summed E-state index contributed by atoms with van der Waals surface area (Å²) in [5.41, 5.74) is 1.94. The number of amides is 1. The van der Waals surface area contributed by atoms with Crippen molar-refractivity contribution in [2.75, 3.05) is 32.1 Å². The lowest BCUT2D eigenvalue weighted by molar-refractivity contribution is -0.871. The first-order chi connectivity index (χ1) is 11.0. The molecular weight excluding hydrogens is 356 g/mol. The van der Waals surface area contributed by atoms with E-state index in [2.05, 4.69) is 21.2 Å². The molecule has 0 heterocycles. The van der Waals surface area contributed by atoms with Crippen molar-refractivity contribution in [3.63, 3.8) is 0 Å². The van der Waals surface area contributed by atoms with E-state index in [4.69, 9.17) is 4.74 Å². The summed E-state index contributed by atoms with van der Waals surface area (Å²) in [7, 11) is 1.99. The number of carbonyl (C=O) groups is 1. The molecule has 0 radical (unpaired) electrons. The summed E-state index contributed by atoms with van der Waals surface area (Å²) in [5.74, 6) is 0.853. The van der Waals surface area contributed by atoms with Crippen LogP contribution in [0.4, 0.5) is 5.69 Å². The molecule has 2 N–H and O–H groups in total. The van der Waals surface area contributed by atoms with Gasteiger partial charge in [0.25, 0.3) is 5.91 Å². The Labute approximate surface area is 145 Å². The number of aryl methyl sites for hydroxylation is 1. The number of hydrogen-bond acceptors (Lipinski definition) is 2. The van der Waals surface area contributed by atoms with E-state index >= 15 is 0 Å². The van der Waals surface area contributed by atoms with Crippen molar-refractivity contribution in [2.45, 2.75) is 6.92 Å². The zero-order valence-corrected chi connectivity index (χ0v) is 15.0. The van der Waals surface area contributed by atoms with E-state index in [0.717, 1.165) is 32.9 Å². The van der Waals surface area contributed by atoms with Crippen LogP contribution in [0, 0.1) is 6.92 Å². The maximum absolute atomic E-state index is 12.1. The van der Waals surface area contributed by atoms with Crippen LogP contribution in [0.5, 0.6) is 5.75 Å². The maximum atomic E-state index is 12.1. The molecule has 0 bridgehead atoms. The molecule has 0 saturated heterocycles. The quantitative estimate of drug-likeness (QED) is 0.777. The van der Waals surface area contributed by atoms with Crippen LogP contribution < -0.4 is 15.0 Å². The van der Waals surface area contributed by atoms with Gasteiger partial charge in [-0.05, 0) is 42.8 Å². The number of ether oxygens (including phenoxy) is 1. The molecule has 1 unspecified atom stereocenters. The summed E-state index contributed by atoms with van der Waals surface area (Å²) >= 11 is 3.39. The van der Waals surface area contributed by atoms with E-state index in [9.17, 15) is 4.79 Å². The number of quaternary nitrogens is 1. The third-order valence-corrected chi connectivity index (χ3v) is 4.02. The van der Waals surface area contributed by atoms with Gasteiger partial charge in [-0.3, -0.25) is 4.79 Å². The molecule has 0 fully saturated rings. The molecule has 1 amide bonds. The van der Waals surface area contributed by atoms with Gasteiger partial charge >= 0.3 is 0 Å². The van der Waals surface area contributed by atoms with Gasteiger partial charge in [0.15, 0.2) is 6.54 Å². The summed E-state index contributed by atoms with van der Waals surface area (Å²) in [6.07, 6.45) is 0. The Morgan fingerprint density at radius 1 is 1.17 bits per heavy atom. The molecule has 0 saturated carbocycles. The van der Waals surface area contributed by atoms with E-state index in [-0.39, 0.29) is 5.91 Å². The Balaban J connectivity index is 1.71. The van der Waals surface area contributed by atoms with Crippen LogP contribution in [-0.2, 0) is 4.79 Å². The second-order valence-corrected chi connectivity index (χ2v) is 6.47. The highest BCUT2D eigenvalue weighted by Crippen LogP contribution is 2.15. The lowest BCUT2D eigenvalue weighted by atomic mass is 10.2. The average molecular weight is 378 g/mol. The van der Waals surface area contributed by atoms with Crippen molar-refractivity contribution in [2.24, 2.45) is 0 Å². The summed E-state index contributed by atoms with van der Waals surface area (Å²) in [5, 5.41) is 2.95. The third-order valence-electron chi connectivity index (χ3n) is 3.49. The zero-order valence-electron chi connectivity index (χ0n) is 13.4. The minimum Gasteiger partial charge on any atom is -0.488 e. The fraction of sp³-hybridized carbons (Fsp3) is 0.278. The lowest BCUT2D eigenvalue weighted by Gasteiger charge is -2.15. The highest BCUT2D eigenvalue weighted by Gasteiger charge is 2.11. The van der Waals surface area contributed by atoms with Gasteiger partial charge < -0.3 is 15.0 Å². The summed E-state index contributed by atoms with van der Waals surface area (Å²) in [4.78, 5) is 13.2. The number of nitrogens with one attached hydrogen (secondary N) is 2. The predicted molar refractivity (Wildman–Crippen MR) is 96.1 cm³/mol. The van der Waals surface area contributed by atoms with Crippen LogP contribution in [0.15, 0.2) is 53.0 Å². The Morgan fingerprint density at radius 2 is 1.87 bits per heavy atom. The first-order valence-corrected chi connectivity index (χ1v) is 8.39. The molecule has 2 aromatic rings. The van der Waals surface area contributed by atoms with Gasteiger partial charge in [0, 0.05) is 10.2 Å². The first-order valence-electron chi connectivity index (χ1n) is 7.60. The van der Waals surface area contributed by atoms with Crippen molar-refractivity contribution in [3.8, 4) is 5.75 Å². The standard InChI is InChI=1S/C18H21BrN2O2/c1-14-5-3-4-6-17(14)20-18(22)13-21(2)11-12-23-16-9-7-15(19)8-10-16/h3-10H,11-13H2,1-2H3,(H,20,22)/p+1. The highest BCUT2D eigenvalue weighted by atomic mass is 79.9. The molecule has 0 aromatic heterocycles. The molecule has 0 aliphatic rings. The molecule has 0 spiro atoms. The minimum absolute atomic E-state index is 0.0143. The van der Waals surface area contributed by atoms with Gasteiger partial charge in [-0.2, -0.15) is 0 Å². The Kier molecular flexibility index (Phi) is 6.62. The zero-order chi connectivity index (χ0) is 16.7. The first kappa shape index (κ1) is 17.5. The lowest BCUT2D eigenvalue weighted by Crippen LogP contribution is -3.10. The minimum atomic E-state index is 0.0143. The van der Waals surface area contributed by atoms with Gasteiger partial charge in [-0.1, -0.05) is 34.1 Å². The number of rotatable bonds is 7. The highest BCUT2D eigenvalue weighted by molar-refractivity contribution is 9.10. The van der Waals surface area contributed by atoms with Crippen LogP contribution in [-0.4, -0.2) is 32.7 Å². The van der Waals surface area contributed by atoms with Gasteiger partial charge in [0.2, 0.25) is 0 Å². The molecule has 5 heteroatoms. The van der Waals surface area contributed by atoms with Crippen LogP contribution in [0.25, 0.3) is 0 Å². The maximum Gasteiger partial charge on any atom is 0.279 e. The number of halogens is 1. The van der Waals surface area contributed by atoms with Gasteiger partial charge in [0.05, 0.1) is 7.05 Å². The second kappa shape index (κ2) is 8.70. The molecule has 0 aliphatic heterocycles. The molecule has 2 rings (SSSR count). The summed E-state index contributed by atoms with van der Waals surface area (Å²) in [6.45, 7) is 3.73. The van der Waals surface area contributed by atoms with E-state index < -0.39 is 0 Å². The van der Waals surface area contributed by atoms with E-state index in [1.54, 1.807) is 0 Å². The van der Waals surface area contributed by atoms with E-state index in [1.165, 1.54) is 0 Å². The Hall–Kier alpha value is -1.85. The smallest absolute Gasteiger partial charge is 0.279 e. The van der Waals surface area contributed by atoms with Crippen LogP contribution in [0.1, 0.15) is 5.56 Å². The molecule has 23 heavy (non-hydrogen) atoms. The Morgan fingerprint density at radius 3 is 2.57 bits per heavy atom. The van der Waals surface area contributed by atoms with Crippen molar-refractivity contribution < 1.29 is 14.4 Å². The van der Waals surface area contributed by atoms with Crippen molar-refractivity contribution in [1.29, 1.82) is 0 Å². The van der Waals surface area contributed by atoms with Crippen molar-refractivity contribution in [3.05, 3.63) is 58.6 Å². The number of anilines is 1. The largest absolute Gasteiger partial charge is 0.488 e. The number of benzene rings is 2. The molecular formula is C18H22BrN2O2+. The Bertz CT molecular complexity index is 644. The fourth-order valence-electron chi connectivity index (χ4n) is 2.14. The molecule has 2 aromatic carbocycles. The topological polar surface area (TPSA) is 42.8 Å². The van der Waals surface area contributed by atoms with Crippen LogP contribution >= 0.6 is 15.9 Å². The number of hydrogen-bond donors (Lipinski definition) is 2. The van der Waals surface area contributed by atoms with Crippen molar-refractivity contribution in [1.82, 2.24) is 0 Å². The third kappa shape index (κ3) is 6.04. The van der Waals surface area contributed by atoms with Crippen LogP contribution in [0.2, 0.25) is 0 Å². The van der Waals surface area contributed by atoms with Crippen molar-refractivity contribution >= 4 is 27.5 Å². The van der Waals surface area contributed by atoms with Gasteiger partial charge in [-0.25, -0.2) is 0 Å². The molecule has 0 aliphatic carbocycles. The summed E-state index contributed by atoms with van der Waals surface area (Å²) in [6, 6.07) is 15.5. The average Bonchev–Trinajstić information content (AvgIpc) is 2.51. The van der Waals surface area contributed by atoms with E-state index in [0.29, 0.717) is 13.2 Å². The van der Waals surface area contributed by atoms with Gasteiger partial charge in [-0.15, -0.1) is 0 Å². The number of likely N-dealkylation sites (N-methyl/N-ethyl adjacent to an activating group) is 1. The monoisotopic (exact) mass is 377 g/mol. The number of carbonyl (C=O) groups excluding carboxylic acids is 1. The van der Waals surface area contributed by atoms with Gasteiger partial charge in [0.1, 0.15) is 18.9 Å². The van der Waals surface area contributed by atoms with E-state index in [1.807, 2.05) is 62.5 Å². The summed E-state index contributed by atoms with van der Waals surface area (Å²) < 4.78 is 6.71. The number of para-hydroxylation sites is 1.